The minimum absolute atomic E-state index is 0.00883. The van der Waals surface area contributed by atoms with E-state index in [9.17, 15) is 9.59 Å². The summed E-state index contributed by atoms with van der Waals surface area (Å²) in [6.07, 6.45) is 2.18. The fourth-order valence-corrected chi connectivity index (χ4v) is 2.28. The number of carbonyl (C=O) groups excluding carboxylic acids is 1. The maximum atomic E-state index is 12.1. The van der Waals surface area contributed by atoms with Crippen molar-refractivity contribution in [3.63, 3.8) is 0 Å². The van der Waals surface area contributed by atoms with Gasteiger partial charge in [0.15, 0.2) is 5.69 Å². The fourth-order valence-electron chi connectivity index (χ4n) is 2.28. The van der Waals surface area contributed by atoms with Crippen LogP contribution >= 0.6 is 0 Å². The van der Waals surface area contributed by atoms with Gasteiger partial charge in [-0.1, -0.05) is 12.1 Å². The quantitative estimate of drug-likeness (QED) is 0.825. The second kappa shape index (κ2) is 6.00. The molecule has 1 amide bonds. The molecule has 2 rings (SSSR count). The molecule has 8 heteroatoms. The van der Waals surface area contributed by atoms with E-state index in [1.807, 2.05) is 0 Å². The van der Waals surface area contributed by atoms with Crippen molar-refractivity contribution in [3.8, 4) is 0 Å². The van der Waals surface area contributed by atoms with Gasteiger partial charge in [-0.2, -0.15) is 0 Å². The first-order chi connectivity index (χ1) is 9.51. The molecular formula is C12H18N4O4. The summed E-state index contributed by atoms with van der Waals surface area (Å²) >= 11 is 0. The summed E-state index contributed by atoms with van der Waals surface area (Å²) in [7, 11) is 1.64. The van der Waals surface area contributed by atoms with E-state index in [-0.39, 0.29) is 24.2 Å². The third-order valence-electron chi connectivity index (χ3n) is 3.60. The molecule has 1 N–H and O–H groups in total. The molecule has 1 aliphatic heterocycles. The number of piperidine rings is 1. The summed E-state index contributed by atoms with van der Waals surface area (Å²) in [6, 6.07) is 0. The SMILES string of the molecule is COC1CN(C(=O)Cn2cc(C(=O)O)nn2)CCC1C. The third kappa shape index (κ3) is 3.13. The number of rotatable bonds is 4. The largest absolute Gasteiger partial charge is 0.476 e. The zero-order chi connectivity index (χ0) is 14.7. The second-order valence-corrected chi connectivity index (χ2v) is 4.99. The molecule has 0 spiro atoms. The van der Waals surface area contributed by atoms with Crippen LogP contribution in [0, 0.1) is 5.92 Å². The van der Waals surface area contributed by atoms with Crippen molar-refractivity contribution in [2.24, 2.45) is 5.92 Å². The van der Waals surface area contributed by atoms with Crippen molar-refractivity contribution < 1.29 is 19.4 Å². The van der Waals surface area contributed by atoms with E-state index >= 15 is 0 Å². The van der Waals surface area contributed by atoms with Crippen LogP contribution in [-0.4, -0.2) is 63.2 Å². The minimum atomic E-state index is -1.16. The number of aromatic nitrogens is 3. The van der Waals surface area contributed by atoms with Crippen LogP contribution in [0.25, 0.3) is 0 Å². The monoisotopic (exact) mass is 282 g/mol. The van der Waals surface area contributed by atoms with Crippen LogP contribution in [0.3, 0.4) is 0 Å². The van der Waals surface area contributed by atoms with Gasteiger partial charge in [0.2, 0.25) is 5.91 Å². The van der Waals surface area contributed by atoms with Crippen molar-refractivity contribution in [2.45, 2.75) is 26.0 Å². The minimum Gasteiger partial charge on any atom is -0.476 e. The van der Waals surface area contributed by atoms with Crippen LogP contribution in [0.15, 0.2) is 6.20 Å². The normalized spacial score (nSPS) is 22.8. The van der Waals surface area contributed by atoms with E-state index in [2.05, 4.69) is 17.2 Å². The molecule has 0 bridgehead atoms. The second-order valence-electron chi connectivity index (χ2n) is 4.99. The van der Waals surface area contributed by atoms with Gasteiger partial charge in [0.25, 0.3) is 0 Å². The summed E-state index contributed by atoms with van der Waals surface area (Å²) in [5.74, 6) is -0.843. The van der Waals surface area contributed by atoms with Crippen LogP contribution in [-0.2, 0) is 16.1 Å². The first kappa shape index (κ1) is 14.4. The lowest BCUT2D eigenvalue weighted by Crippen LogP contribution is -2.47. The number of ether oxygens (including phenoxy) is 1. The zero-order valence-electron chi connectivity index (χ0n) is 11.5. The lowest BCUT2D eigenvalue weighted by Gasteiger charge is -2.36. The standard InChI is InChI=1S/C12H18N4O4/c1-8-3-4-15(6-10(8)20-2)11(17)7-16-5-9(12(18)19)13-14-16/h5,8,10H,3-4,6-7H2,1-2H3,(H,18,19). The molecule has 1 saturated heterocycles. The van der Waals surface area contributed by atoms with Crippen molar-refractivity contribution >= 4 is 11.9 Å². The number of carboxylic acid groups (broad SMARTS) is 1. The van der Waals surface area contributed by atoms with E-state index in [0.717, 1.165) is 6.42 Å². The molecule has 110 valence electrons. The third-order valence-corrected chi connectivity index (χ3v) is 3.60. The summed E-state index contributed by atoms with van der Waals surface area (Å²) < 4.78 is 6.60. The molecule has 8 nitrogen and oxygen atoms in total. The van der Waals surface area contributed by atoms with Gasteiger partial charge in [-0.25, -0.2) is 9.48 Å². The number of likely N-dealkylation sites (tertiary alicyclic amines) is 1. The number of hydrogen-bond acceptors (Lipinski definition) is 5. The predicted octanol–water partition coefficient (Wildman–Crippen LogP) is -0.140. The van der Waals surface area contributed by atoms with Crippen LogP contribution in [0.2, 0.25) is 0 Å². The Hall–Kier alpha value is -1.96. The van der Waals surface area contributed by atoms with Crippen LogP contribution in [0.4, 0.5) is 0 Å². The molecule has 2 heterocycles. The molecule has 1 aliphatic rings. The molecule has 1 fully saturated rings. The van der Waals surface area contributed by atoms with Crippen molar-refractivity contribution in [2.75, 3.05) is 20.2 Å². The Morgan fingerprint density at radius 3 is 2.90 bits per heavy atom. The fraction of sp³-hybridized carbons (Fsp3) is 0.667. The number of aromatic carboxylic acids is 1. The van der Waals surface area contributed by atoms with Crippen LogP contribution < -0.4 is 0 Å². The average Bonchev–Trinajstić information content (AvgIpc) is 2.88. The van der Waals surface area contributed by atoms with Crippen molar-refractivity contribution in [1.29, 1.82) is 0 Å². The molecule has 0 aromatic carbocycles. The molecule has 0 aliphatic carbocycles. The molecule has 1 aromatic rings. The topological polar surface area (TPSA) is 97.5 Å². The summed E-state index contributed by atoms with van der Waals surface area (Å²) in [5.41, 5.74) is -0.167. The summed E-state index contributed by atoms with van der Waals surface area (Å²) in [6.45, 7) is 3.33. The van der Waals surface area contributed by atoms with Gasteiger partial charge in [0.05, 0.1) is 12.3 Å². The highest BCUT2D eigenvalue weighted by atomic mass is 16.5. The highest BCUT2D eigenvalue weighted by Gasteiger charge is 2.28. The Balaban J connectivity index is 1.95. The lowest BCUT2D eigenvalue weighted by atomic mass is 9.96. The Labute approximate surface area is 116 Å². The number of amides is 1. The van der Waals surface area contributed by atoms with Crippen LogP contribution in [0.5, 0.6) is 0 Å². The van der Waals surface area contributed by atoms with E-state index in [1.54, 1.807) is 12.0 Å². The van der Waals surface area contributed by atoms with Gasteiger partial charge < -0.3 is 14.7 Å². The molecule has 1 aromatic heterocycles. The Bertz CT molecular complexity index is 501. The first-order valence-corrected chi connectivity index (χ1v) is 6.45. The van der Waals surface area contributed by atoms with Gasteiger partial charge in [0.1, 0.15) is 6.54 Å². The number of carboxylic acids is 1. The Kier molecular flexibility index (Phi) is 4.33. The number of methoxy groups -OCH3 is 1. The smallest absolute Gasteiger partial charge is 0.358 e. The molecule has 2 atom stereocenters. The summed E-state index contributed by atoms with van der Waals surface area (Å²) in [5, 5.41) is 15.9. The molecular weight excluding hydrogens is 264 g/mol. The van der Waals surface area contributed by atoms with Crippen LogP contribution in [0.1, 0.15) is 23.8 Å². The van der Waals surface area contributed by atoms with E-state index in [0.29, 0.717) is 19.0 Å². The van der Waals surface area contributed by atoms with Gasteiger partial charge in [-0.05, 0) is 12.3 Å². The van der Waals surface area contributed by atoms with Gasteiger partial charge >= 0.3 is 5.97 Å². The van der Waals surface area contributed by atoms with Crippen molar-refractivity contribution in [1.82, 2.24) is 19.9 Å². The van der Waals surface area contributed by atoms with E-state index in [1.165, 1.54) is 10.9 Å². The van der Waals surface area contributed by atoms with Gasteiger partial charge in [-0.3, -0.25) is 4.79 Å². The average molecular weight is 282 g/mol. The molecule has 0 saturated carbocycles. The highest BCUT2D eigenvalue weighted by Crippen LogP contribution is 2.19. The van der Waals surface area contributed by atoms with E-state index < -0.39 is 5.97 Å². The van der Waals surface area contributed by atoms with Gasteiger partial charge in [-0.15, -0.1) is 5.10 Å². The molecule has 20 heavy (non-hydrogen) atoms. The number of nitrogens with zero attached hydrogens (tertiary/aromatic N) is 4. The number of hydrogen-bond donors (Lipinski definition) is 1. The van der Waals surface area contributed by atoms with E-state index in [4.69, 9.17) is 9.84 Å². The van der Waals surface area contributed by atoms with Gasteiger partial charge in [0, 0.05) is 20.2 Å². The summed E-state index contributed by atoms with van der Waals surface area (Å²) in [4.78, 5) is 24.6. The predicted molar refractivity (Wildman–Crippen MR) is 68.1 cm³/mol. The van der Waals surface area contributed by atoms with Crippen molar-refractivity contribution in [3.05, 3.63) is 11.9 Å². The Morgan fingerprint density at radius 1 is 1.55 bits per heavy atom. The lowest BCUT2D eigenvalue weighted by molar-refractivity contribution is -0.137. The highest BCUT2D eigenvalue weighted by molar-refractivity contribution is 5.84. The molecule has 2 unspecified atom stereocenters. The maximum Gasteiger partial charge on any atom is 0.358 e. The molecule has 0 radical (unpaired) electrons. The number of carbonyl (C=O) groups is 2. The maximum absolute atomic E-state index is 12.1. The first-order valence-electron chi connectivity index (χ1n) is 6.45. The Morgan fingerprint density at radius 2 is 2.30 bits per heavy atom. The zero-order valence-corrected chi connectivity index (χ0v) is 11.5.